The second kappa shape index (κ2) is 7.73. The van der Waals surface area contributed by atoms with Gasteiger partial charge in [0.25, 0.3) is 0 Å². The molecule has 1 amide bonds. The van der Waals surface area contributed by atoms with Crippen LogP contribution in [0.1, 0.15) is 23.1 Å². The minimum absolute atomic E-state index is 0.0171. The monoisotopic (exact) mass is 351 g/mol. The van der Waals surface area contributed by atoms with Crippen LogP contribution in [0.5, 0.6) is 5.75 Å². The summed E-state index contributed by atoms with van der Waals surface area (Å²) in [5.41, 5.74) is 0.534. The lowest BCUT2D eigenvalue weighted by atomic mass is 10.3. The van der Waals surface area contributed by atoms with Gasteiger partial charge in [-0.25, -0.2) is 9.78 Å². The highest BCUT2D eigenvalue weighted by molar-refractivity contribution is 7.14. The summed E-state index contributed by atoms with van der Waals surface area (Å²) in [7, 11) is 1.39. The zero-order chi connectivity index (χ0) is 17.7. The second-order valence-electron chi connectivity index (χ2n) is 4.78. The number of aryl methyl sites for hydroxylation is 1. The fourth-order valence-corrected chi connectivity index (χ4v) is 2.61. The summed E-state index contributed by atoms with van der Waals surface area (Å²) >= 11 is 1.13. The van der Waals surface area contributed by atoms with Gasteiger partial charge in [0.05, 0.1) is 19.9 Å². The Balaban J connectivity index is 2.06. The summed E-state index contributed by atoms with van der Waals surface area (Å²) in [4.78, 5) is 39.3. The number of rotatable bonds is 6. The van der Waals surface area contributed by atoms with Crippen LogP contribution in [-0.4, -0.2) is 35.1 Å². The van der Waals surface area contributed by atoms with Crippen molar-refractivity contribution in [2.24, 2.45) is 0 Å². The van der Waals surface area contributed by atoms with Gasteiger partial charge in [0, 0.05) is 17.1 Å². The van der Waals surface area contributed by atoms with Crippen molar-refractivity contribution in [3.05, 3.63) is 39.3 Å². The molecule has 128 valence electrons. The Morgan fingerprint density at radius 3 is 2.83 bits per heavy atom. The van der Waals surface area contributed by atoms with Crippen molar-refractivity contribution in [1.82, 2.24) is 9.55 Å². The first-order chi connectivity index (χ1) is 11.4. The van der Waals surface area contributed by atoms with Crippen molar-refractivity contribution in [2.75, 3.05) is 19.0 Å². The maximum Gasteiger partial charge on any atom is 0.357 e. The van der Waals surface area contributed by atoms with Gasteiger partial charge in [-0.1, -0.05) is 0 Å². The van der Waals surface area contributed by atoms with E-state index in [4.69, 9.17) is 9.47 Å². The highest BCUT2D eigenvalue weighted by Crippen LogP contribution is 2.16. The lowest BCUT2D eigenvalue weighted by molar-refractivity contribution is -0.116. The molecule has 2 rings (SSSR count). The van der Waals surface area contributed by atoms with Gasteiger partial charge >= 0.3 is 5.97 Å². The third kappa shape index (κ3) is 4.19. The van der Waals surface area contributed by atoms with Gasteiger partial charge < -0.3 is 19.4 Å². The van der Waals surface area contributed by atoms with Crippen molar-refractivity contribution < 1.29 is 19.1 Å². The third-order valence-corrected chi connectivity index (χ3v) is 3.84. The summed E-state index contributed by atoms with van der Waals surface area (Å²) in [5.74, 6) is -0.712. The first kappa shape index (κ1) is 17.7. The Morgan fingerprint density at radius 1 is 1.42 bits per heavy atom. The van der Waals surface area contributed by atoms with E-state index in [-0.39, 0.29) is 35.9 Å². The molecule has 2 heterocycles. The molecule has 0 aliphatic rings. The number of carbonyl (C=O) groups excluding carboxylic acids is 2. The van der Waals surface area contributed by atoms with E-state index < -0.39 is 5.97 Å². The van der Waals surface area contributed by atoms with E-state index in [1.54, 1.807) is 18.4 Å². The molecule has 2 aromatic rings. The maximum atomic E-state index is 12.1. The molecule has 0 unspecified atom stereocenters. The fraction of sp³-hybridized carbons (Fsp3) is 0.333. The number of carbonyl (C=O) groups is 2. The molecule has 0 radical (unpaired) electrons. The quantitative estimate of drug-likeness (QED) is 0.791. The summed E-state index contributed by atoms with van der Waals surface area (Å²) in [6, 6.07) is 1.40. The van der Waals surface area contributed by atoms with Crippen LogP contribution in [0.25, 0.3) is 0 Å². The minimum Gasteiger partial charge on any atom is -0.491 e. The van der Waals surface area contributed by atoms with E-state index in [0.29, 0.717) is 10.8 Å². The minimum atomic E-state index is -0.532. The molecule has 0 bridgehead atoms. The number of esters is 1. The molecule has 0 atom stereocenters. The molecule has 0 saturated heterocycles. The Hall–Kier alpha value is -2.68. The van der Waals surface area contributed by atoms with E-state index in [0.717, 1.165) is 11.3 Å². The number of amides is 1. The topological polar surface area (TPSA) is 99.5 Å². The van der Waals surface area contributed by atoms with Gasteiger partial charge in [-0.2, -0.15) is 0 Å². The highest BCUT2D eigenvalue weighted by Gasteiger charge is 2.14. The predicted molar refractivity (Wildman–Crippen MR) is 88.7 cm³/mol. The normalized spacial score (nSPS) is 10.3. The van der Waals surface area contributed by atoms with E-state index in [1.807, 2.05) is 0 Å². The van der Waals surface area contributed by atoms with Crippen LogP contribution >= 0.6 is 11.3 Å². The van der Waals surface area contributed by atoms with Crippen molar-refractivity contribution in [2.45, 2.75) is 20.4 Å². The van der Waals surface area contributed by atoms with Gasteiger partial charge in [-0.15, -0.1) is 11.3 Å². The number of hydrogen-bond acceptors (Lipinski definition) is 7. The summed E-state index contributed by atoms with van der Waals surface area (Å²) in [6.45, 7) is 3.66. The van der Waals surface area contributed by atoms with E-state index in [9.17, 15) is 14.4 Å². The van der Waals surface area contributed by atoms with Gasteiger partial charge in [-0.3, -0.25) is 9.59 Å². The SMILES string of the molecule is CCOC(=O)c1csc(NC(=O)Cn2cc(OC)c(=O)cc2C)n1. The molecule has 24 heavy (non-hydrogen) atoms. The standard InChI is InChI=1S/C15H17N3O5S/c1-4-23-14(21)10-8-24-15(16-10)17-13(20)7-18-6-12(22-3)11(19)5-9(18)2/h5-6,8H,4,7H2,1-3H3,(H,16,17,20). The lowest BCUT2D eigenvalue weighted by Crippen LogP contribution is -2.22. The van der Waals surface area contributed by atoms with Gasteiger partial charge in [0.15, 0.2) is 16.6 Å². The van der Waals surface area contributed by atoms with E-state index >= 15 is 0 Å². The average Bonchev–Trinajstić information content (AvgIpc) is 2.98. The van der Waals surface area contributed by atoms with Crippen LogP contribution in [0.15, 0.2) is 22.4 Å². The van der Waals surface area contributed by atoms with Crippen LogP contribution in [0.3, 0.4) is 0 Å². The molecule has 9 heteroatoms. The summed E-state index contributed by atoms with van der Waals surface area (Å²) < 4.78 is 11.4. The highest BCUT2D eigenvalue weighted by atomic mass is 32.1. The Morgan fingerprint density at radius 2 is 2.17 bits per heavy atom. The number of ether oxygens (including phenoxy) is 2. The summed E-state index contributed by atoms with van der Waals surface area (Å²) in [6.07, 6.45) is 1.48. The number of thiazole rings is 1. The first-order valence-electron chi connectivity index (χ1n) is 7.12. The molecule has 0 spiro atoms. The van der Waals surface area contributed by atoms with Crippen molar-refractivity contribution in [1.29, 1.82) is 0 Å². The zero-order valence-corrected chi connectivity index (χ0v) is 14.3. The molecule has 8 nitrogen and oxygen atoms in total. The number of methoxy groups -OCH3 is 1. The number of aromatic nitrogens is 2. The van der Waals surface area contributed by atoms with Gasteiger partial charge in [-0.05, 0) is 13.8 Å². The maximum absolute atomic E-state index is 12.1. The Bertz CT molecular complexity index is 812. The van der Waals surface area contributed by atoms with Gasteiger partial charge in [0.1, 0.15) is 6.54 Å². The molecular formula is C15H17N3O5S. The third-order valence-electron chi connectivity index (χ3n) is 3.08. The average molecular weight is 351 g/mol. The molecule has 1 N–H and O–H groups in total. The molecule has 0 fully saturated rings. The van der Waals surface area contributed by atoms with Crippen molar-refractivity contribution in [3.63, 3.8) is 0 Å². The molecular weight excluding hydrogens is 334 g/mol. The molecule has 0 aliphatic carbocycles. The van der Waals surface area contributed by atoms with Gasteiger partial charge in [0.2, 0.25) is 11.3 Å². The van der Waals surface area contributed by atoms with E-state index in [1.165, 1.54) is 24.8 Å². The molecule has 0 aliphatic heterocycles. The molecule has 0 saturated carbocycles. The number of nitrogens with zero attached hydrogens (tertiary/aromatic N) is 2. The lowest BCUT2D eigenvalue weighted by Gasteiger charge is -2.11. The zero-order valence-electron chi connectivity index (χ0n) is 13.5. The van der Waals surface area contributed by atoms with E-state index in [2.05, 4.69) is 10.3 Å². The smallest absolute Gasteiger partial charge is 0.357 e. The second-order valence-corrected chi connectivity index (χ2v) is 5.64. The molecule has 0 aromatic carbocycles. The largest absolute Gasteiger partial charge is 0.491 e. The predicted octanol–water partition coefficient (Wildman–Crippen LogP) is 1.44. The Labute approximate surface area is 142 Å². The number of nitrogens with one attached hydrogen (secondary N) is 1. The number of pyridine rings is 1. The van der Waals surface area contributed by atoms with Crippen LogP contribution in [-0.2, 0) is 16.1 Å². The summed E-state index contributed by atoms with van der Waals surface area (Å²) in [5, 5.41) is 4.42. The fourth-order valence-electron chi connectivity index (χ4n) is 1.92. The number of hydrogen-bond donors (Lipinski definition) is 1. The first-order valence-corrected chi connectivity index (χ1v) is 8.00. The van der Waals surface area contributed by atoms with Crippen molar-refractivity contribution >= 4 is 28.3 Å². The molecule has 2 aromatic heterocycles. The van der Waals surface area contributed by atoms with Crippen LogP contribution in [0.4, 0.5) is 5.13 Å². The van der Waals surface area contributed by atoms with Crippen LogP contribution in [0.2, 0.25) is 0 Å². The number of anilines is 1. The van der Waals surface area contributed by atoms with Crippen molar-refractivity contribution in [3.8, 4) is 5.75 Å². The van der Waals surface area contributed by atoms with Crippen LogP contribution in [0, 0.1) is 6.92 Å². The Kier molecular flexibility index (Phi) is 5.69. The van der Waals surface area contributed by atoms with Crippen LogP contribution < -0.4 is 15.5 Å².